The van der Waals surface area contributed by atoms with Crippen LogP contribution in [-0.2, 0) is 0 Å². The Morgan fingerprint density at radius 1 is 0.971 bits per heavy atom. The largest absolute Gasteiger partial charge is 0.497 e. The predicted octanol–water partition coefficient (Wildman–Crippen LogP) is 4.53. The van der Waals surface area contributed by atoms with E-state index in [2.05, 4.69) is 0 Å². The molecule has 2 aliphatic heterocycles. The number of methoxy groups -OCH3 is 1. The fourth-order valence-corrected chi connectivity index (χ4v) is 4.69. The molecule has 0 aliphatic carbocycles. The van der Waals surface area contributed by atoms with E-state index in [4.69, 9.17) is 23.7 Å². The number of ketones is 1. The maximum Gasteiger partial charge on any atom is 0.254 e. The van der Waals surface area contributed by atoms with Gasteiger partial charge in [0.15, 0.2) is 17.3 Å². The van der Waals surface area contributed by atoms with Crippen LogP contribution in [0.1, 0.15) is 60.7 Å². The highest BCUT2D eigenvalue weighted by Crippen LogP contribution is 2.42. The summed E-state index contributed by atoms with van der Waals surface area (Å²) in [5.74, 6) is 2.62. The second-order valence-electron chi connectivity index (χ2n) is 8.64. The molecule has 0 atom stereocenters. The van der Waals surface area contributed by atoms with E-state index >= 15 is 0 Å². The smallest absolute Gasteiger partial charge is 0.254 e. The van der Waals surface area contributed by atoms with Gasteiger partial charge in [0.05, 0.1) is 38.9 Å². The molecule has 4 rings (SSSR count). The minimum absolute atomic E-state index is 0.0582. The number of fused-ring (bicyclic) bond motifs is 1. The van der Waals surface area contributed by atoms with E-state index in [0.717, 1.165) is 0 Å². The molecule has 2 aromatic carbocycles. The van der Waals surface area contributed by atoms with E-state index < -0.39 is 5.60 Å². The highest BCUT2D eigenvalue weighted by molar-refractivity contribution is 6.00. The molecule has 0 unspecified atom stereocenters. The molecule has 2 heterocycles. The van der Waals surface area contributed by atoms with Crippen molar-refractivity contribution in [1.29, 1.82) is 0 Å². The molecule has 188 valence electrons. The summed E-state index contributed by atoms with van der Waals surface area (Å²) in [4.78, 5) is 28.1. The SMILES string of the molecule is CCOc1cc(C(=O)N2CCC3(CC2)CC(=O)c2ccc(OC)cc2O3)cc(OCC)c1OCC. The first kappa shape index (κ1) is 24.7. The van der Waals surface area contributed by atoms with Crippen LogP contribution in [0.5, 0.6) is 28.7 Å². The summed E-state index contributed by atoms with van der Waals surface area (Å²) in [6, 6.07) is 8.71. The van der Waals surface area contributed by atoms with E-state index in [1.807, 2.05) is 20.8 Å². The van der Waals surface area contributed by atoms with Crippen LogP contribution in [-0.4, -0.2) is 62.2 Å². The molecular formula is C27H33NO7. The Labute approximate surface area is 206 Å². The van der Waals surface area contributed by atoms with E-state index in [1.165, 1.54) is 0 Å². The number of benzene rings is 2. The van der Waals surface area contributed by atoms with Gasteiger partial charge < -0.3 is 28.6 Å². The van der Waals surface area contributed by atoms with Crippen molar-refractivity contribution in [2.75, 3.05) is 40.0 Å². The van der Waals surface area contributed by atoms with Gasteiger partial charge in [0.25, 0.3) is 5.91 Å². The summed E-state index contributed by atoms with van der Waals surface area (Å²) >= 11 is 0. The lowest BCUT2D eigenvalue weighted by Crippen LogP contribution is -2.52. The Morgan fingerprint density at radius 3 is 2.17 bits per heavy atom. The second kappa shape index (κ2) is 10.5. The van der Waals surface area contributed by atoms with Crippen molar-refractivity contribution in [3.8, 4) is 28.7 Å². The molecule has 1 spiro atoms. The first-order chi connectivity index (χ1) is 16.9. The average molecular weight is 484 g/mol. The quantitative estimate of drug-likeness (QED) is 0.545. The zero-order valence-electron chi connectivity index (χ0n) is 20.8. The zero-order chi connectivity index (χ0) is 25.0. The van der Waals surface area contributed by atoms with Gasteiger partial charge in [-0.1, -0.05) is 0 Å². The number of amides is 1. The number of hydrogen-bond donors (Lipinski definition) is 0. The van der Waals surface area contributed by atoms with Gasteiger partial charge in [0.1, 0.15) is 17.1 Å². The number of likely N-dealkylation sites (tertiary alicyclic amines) is 1. The number of rotatable bonds is 8. The fraction of sp³-hybridized carbons (Fsp3) is 0.481. The summed E-state index contributed by atoms with van der Waals surface area (Å²) < 4.78 is 28.9. The highest BCUT2D eigenvalue weighted by Gasteiger charge is 2.44. The van der Waals surface area contributed by atoms with E-state index in [0.29, 0.717) is 92.0 Å². The predicted molar refractivity (Wildman–Crippen MR) is 130 cm³/mol. The lowest BCUT2D eigenvalue weighted by Gasteiger charge is -2.44. The Kier molecular flexibility index (Phi) is 7.38. The number of carbonyl (C=O) groups excluding carboxylic acids is 2. The van der Waals surface area contributed by atoms with E-state index in [-0.39, 0.29) is 11.7 Å². The van der Waals surface area contributed by atoms with Crippen LogP contribution in [0, 0.1) is 0 Å². The van der Waals surface area contributed by atoms with Gasteiger partial charge in [0, 0.05) is 37.6 Å². The number of carbonyl (C=O) groups is 2. The molecule has 1 amide bonds. The Bertz CT molecular complexity index is 1060. The van der Waals surface area contributed by atoms with Crippen molar-refractivity contribution in [1.82, 2.24) is 4.90 Å². The van der Waals surface area contributed by atoms with Crippen LogP contribution in [0.4, 0.5) is 0 Å². The lowest BCUT2D eigenvalue weighted by molar-refractivity contribution is -0.00583. The van der Waals surface area contributed by atoms with Crippen molar-refractivity contribution < 1.29 is 33.3 Å². The summed E-state index contributed by atoms with van der Waals surface area (Å²) in [5.41, 5.74) is 0.446. The minimum atomic E-state index is -0.612. The molecule has 0 saturated carbocycles. The molecule has 8 nitrogen and oxygen atoms in total. The highest BCUT2D eigenvalue weighted by atomic mass is 16.5. The summed E-state index contributed by atoms with van der Waals surface area (Å²) in [5, 5.41) is 0. The van der Waals surface area contributed by atoms with Crippen LogP contribution in [0.15, 0.2) is 30.3 Å². The molecule has 1 saturated heterocycles. The third-order valence-corrected chi connectivity index (χ3v) is 6.42. The van der Waals surface area contributed by atoms with Gasteiger partial charge in [-0.15, -0.1) is 0 Å². The summed E-state index contributed by atoms with van der Waals surface area (Å²) in [6.07, 6.45) is 1.43. The number of hydrogen-bond acceptors (Lipinski definition) is 7. The number of ether oxygens (including phenoxy) is 5. The average Bonchev–Trinajstić information content (AvgIpc) is 2.85. The van der Waals surface area contributed by atoms with Crippen molar-refractivity contribution >= 4 is 11.7 Å². The van der Waals surface area contributed by atoms with Gasteiger partial charge in [-0.25, -0.2) is 0 Å². The normalized spacial score (nSPS) is 16.3. The van der Waals surface area contributed by atoms with Crippen LogP contribution >= 0.6 is 0 Å². The van der Waals surface area contributed by atoms with Gasteiger partial charge >= 0.3 is 0 Å². The molecule has 8 heteroatoms. The third kappa shape index (κ3) is 5.01. The monoisotopic (exact) mass is 483 g/mol. The zero-order valence-corrected chi connectivity index (χ0v) is 20.8. The van der Waals surface area contributed by atoms with E-state index in [9.17, 15) is 9.59 Å². The van der Waals surface area contributed by atoms with Gasteiger partial charge in [-0.3, -0.25) is 9.59 Å². The first-order valence-corrected chi connectivity index (χ1v) is 12.2. The fourth-order valence-electron chi connectivity index (χ4n) is 4.69. The van der Waals surface area contributed by atoms with Gasteiger partial charge in [0.2, 0.25) is 5.75 Å². The van der Waals surface area contributed by atoms with Crippen LogP contribution in [0.2, 0.25) is 0 Å². The maximum atomic E-state index is 13.4. The van der Waals surface area contributed by atoms with Crippen molar-refractivity contribution in [3.63, 3.8) is 0 Å². The lowest BCUT2D eigenvalue weighted by atomic mass is 9.82. The molecule has 2 aliphatic rings. The van der Waals surface area contributed by atoms with Crippen LogP contribution in [0.25, 0.3) is 0 Å². The molecular weight excluding hydrogens is 450 g/mol. The number of piperidine rings is 1. The van der Waals surface area contributed by atoms with E-state index in [1.54, 1.807) is 42.3 Å². The number of nitrogens with zero attached hydrogens (tertiary/aromatic N) is 1. The van der Waals surface area contributed by atoms with Crippen molar-refractivity contribution in [2.24, 2.45) is 0 Å². The standard InChI is InChI=1S/C27H33NO7/c1-5-32-23-14-18(15-24(33-6-2)25(23)34-7-3)26(30)28-12-10-27(11-13-28)17-21(29)20-9-8-19(31-4)16-22(20)35-27/h8-9,14-16H,5-7,10-13,17H2,1-4H3. The Hall–Kier alpha value is -3.42. The molecule has 1 fully saturated rings. The minimum Gasteiger partial charge on any atom is -0.497 e. The summed E-state index contributed by atoms with van der Waals surface area (Å²) in [6.45, 7) is 7.94. The topological polar surface area (TPSA) is 83.5 Å². The van der Waals surface area contributed by atoms with Crippen LogP contribution < -0.4 is 23.7 Å². The molecule has 0 bridgehead atoms. The molecule has 2 aromatic rings. The summed E-state index contributed by atoms with van der Waals surface area (Å²) in [7, 11) is 1.58. The first-order valence-electron chi connectivity index (χ1n) is 12.2. The maximum absolute atomic E-state index is 13.4. The molecule has 35 heavy (non-hydrogen) atoms. The Balaban J connectivity index is 1.52. The Morgan fingerprint density at radius 2 is 1.60 bits per heavy atom. The number of Topliss-reactive ketones (excluding diaryl/α,β-unsaturated/α-hetero) is 1. The molecule has 0 radical (unpaired) electrons. The third-order valence-electron chi connectivity index (χ3n) is 6.42. The molecule has 0 N–H and O–H groups in total. The van der Waals surface area contributed by atoms with Crippen molar-refractivity contribution in [2.45, 2.75) is 45.6 Å². The van der Waals surface area contributed by atoms with Gasteiger partial charge in [-0.2, -0.15) is 0 Å². The second-order valence-corrected chi connectivity index (χ2v) is 8.64. The van der Waals surface area contributed by atoms with Crippen molar-refractivity contribution in [3.05, 3.63) is 41.5 Å². The van der Waals surface area contributed by atoms with Gasteiger partial charge in [-0.05, 0) is 45.0 Å². The molecule has 0 aromatic heterocycles. The van der Waals surface area contributed by atoms with Crippen LogP contribution in [0.3, 0.4) is 0 Å².